The van der Waals surface area contributed by atoms with Crippen molar-refractivity contribution < 1.29 is 4.74 Å². The van der Waals surface area contributed by atoms with Gasteiger partial charge in [0, 0.05) is 49.8 Å². The largest absolute Gasteiger partial charge is 0.378 e. The number of aliphatic imine (C=N–C) groups is 1. The van der Waals surface area contributed by atoms with Crippen molar-refractivity contribution in [2.24, 2.45) is 4.99 Å². The molecule has 0 bridgehead atoms. The number of benzene rings is 1. The van der Waals surface area contributed by atoms with E-state index in [2.05, 4.69) is 62.7 Å². The lowest BCUT2D eigenvalue weighted by Crippen LogP contribution is -2.48. The Labute approximate surface area is 195 Å². The van der Waals surface area contributed by atoms with Crippen LogP contribution in [0, 0.1) is 0 Å². The number of guanidine groups is 1. The van der Waals surface area contributed by atoms with E-state index in [1.165, 1.54) is 18.4 Å². The van der Waals surface area contributed by atoms with Gasteiger partial charge in [-0.1, -0.05) is 28.1 Å². The Morgan fingerprint density at radius 2 is 1.96 bits per heavy atom. The molecule has 3 rings (SSSR count). The summed E-state index contributed by atoms with van der Waals surface area (Å²) in [5.74, 6) is 0.960. The Morgan fingerprint density at radius 1 is 1.21 bits per heavy atom. The van der Waals surface area contributed by atoms with E-state index < -0.39 is 0 Å². The van der Waals surface area contributed by atoms with Crippen LogP contribution in [0.4, 0.5) is 0 Å². The van der Waals surface area contributed by atoms with Crippen LogP contribution < -0.4 is 10.6 Å². The maximum Gasteiger partial charge on any atom is 0.191 e. The minimum absolute atomic E-state index is 0. The summed E-state index contributed by atoms with van der Waals surface area (Å²) in [7, 11) is 0. The molecule has 2 aliphatic heterocycles. The van der Waals surface area contributed by atoms with E-state index in [9.17, 15) is 0 Å². The van der Waals surface area contributed by atoms with Gasteiger partial charge in [-0.05, 0) is 56.7 Å². The van der Waals surface area contributed by atoms with Crippen LogP contribution in [-0.4, -0.2) is 55.8 Å². The maximum atomic E-state index is 5.69. The number of piperidine rings is 1. The normalized spacial score (nSPS) is 21.4. The van der Waals surface area contributed by atoms with E-state index in [1.54, 1.807) is 0 Å². The molecule has 158 valence electrons. The Hall–Kier alpha value is -0.380. The van der Waals surface area contributed by atoms with Gasteiger partial charge in [0.1, 0.15) is 0 Å². The van der Waals surface area contributed by atoms with Crippen molar-refractivity contribution in [1.29, 1.82) is 0 Å². The summed E-state index contributed by atoms with van der Waals surface area (Å²) in [6, 6.07) is 9.17. The highest BCUT2D eigenvalue weighted by Crippen LogP contribution is 2.17. The predicted octanol–water partition coefficient (Wildman–Crippen LogP) is 4.16. The summed E-state index contributed by atoms with van der Waals surface area (Å²) >= 11 is 3.50. The zero-order valence-electron chi connectivity index (χ0n) is 16.8. The minimum atomic E-state index is 0. The number of ether oxygens (including phenoxy) is 1. The molecule has 1 aromatic carbocycles. The molecule has 1 atom stereocenters. The monoisotopic (exact) mass is 564 g/mol. The topological polar surface area (TPSA) is 48.9 Å². The lowest BCUT2D eigenvalue weighted by Gasteiger charge is -2.33. The van der Waals surface area contributed by atoms with E-state index in [-0.39, 0.29) is 24.0 Å². The van der Waals surface area contributed by atoms with Crippen molar-refractivity contribution in [1.82, 2.24) is 15.5 Å². The van der Waals surface area contributed by atoms with E-state index >= 15 is 0 Å². The Balaban J connectivity index is 0.00000280. The van der Waals surface area contributed by atoms with Gasteiger partial charge in [0.05, 0.1) is 6.10 Å². The van der Waals surface area contributed by atoms with E-state index in [0.29, 0.717) is 12.1 Å². The van der Waals surface area contributed by atoms with E-state index in [1.807, 2.05) is 0 Å². The first-order valence-corrected chi connectivity index (χ1v) is 11.2. The summed E-state index contributed by atoms with van der Waals surface area (Å²) < 4.78 is 6.84. The van der Waals surface area contributed by atoms with Gasteiger partial charge in [0.15, 0.2) is 5.96 Å². The first-order chi connectivity index (χ1) is 13.2. The van der Waals surface area contributed by atoms with Gasteiger partial charge in [0.25, 0.3) is 0 Å². The van der Waals surface area contributed by atoms with Crippen LogP contribution in [0.1, 0.15) is 44.6 Å². The zero-order valence-corrected chi connectivity index (χ0v) is 20.7. The van der Waals surface area contributed by atoms with Crippen molar-refractivity contribution >= 4 is 45.9 Å². The van der Waals surface area contributed by atoms with Crippen LogP contribution in [0.2, 0.25) is 0 Å². The smallest absolute Gasteiger partial charge is 0.191 e. The molecule has 0 radical (unpaired) electrons. The molecule has 0 saturated carbocycles. The van der Waals surface area contributed by atoms with Crippen molar-refractivity contribution in [3.8, 4) is 0 Å². The van der Waals surface area contributed by atoms with Gasteiger partial charge in [-0.15, -0.1) is 24.0 Å². The summed E-state index contributed by atoms with van der Waals surface area (Å²) in [6.07, 6.45) is 6.15. The number of hydrogen-bond donors (Lipinski definition) is 2. The molecule has 5 nitrogen and oxygen atoms in total. The third kappa shape index (κ3) is 8.16. The maximum absolute atomic E-state index is 5.69. The fraction of sp³-hybridized carbons (Fsp3) is 0.667. The number of halogens is 2. The van der Waals surface area contributed by atoms with Gasteiger partial charge in [0.2, 0.25) is 0 Å². The SMILES string of the molecule is CCNC(=NCCC1CCCO1)NC1CCN(Cc2ccc(Br)cc2)CC1.I. The van der Waals surface area contributed by atoms with Crippen molar-refractivity contribution in [3.63, 3.8) is 0 Å². The summed E-state index contributed by atoms with van der Waals surface area (Å²) in [6.45, 7) is 8.07. The summed E-state index contributed by atoms with van der Waals surface area (Å²) in [5, 5.41) is 7.03. The van der Waals surface area contributed by atoms with Crippen LogP contribution in [0.15, 0.2) is 33.7 Å². The third-order valence-corrected chi connectivity index (χ3v) is 5.87. The molecule has 0 spiro atoms. The first kappa shape index (κ1) is 23.9. The van der Waals surface area contributed by atoms with Crippen molar-refractivity contribution in [3.05, 3.63) is 34.3 Å². The van der Waals surface area contributed by atoms with Gasteiger partial charge >= 0.3 is 0 Å². The highest BCUT2D eigenvalue weighted by molar-refractivity contribution is 14.0. The molecule has 2 aliphatic rings. The van der Waals surface area contributed by atoms with Gasteiger partial charge in [-0.25, -0.2) is 0 Å². The Kier molecular flexibility index (Phi) is 11.1. The third-order valence-electron chi connectivity index (χ3n) is 5.34. The molecule has 1 aromatic rings. The molecule has 0 aromatic heterocycles. The van der Waals surface area contributed by atoms with Crippen LogP contribution in [-0.2, 0) is 11.3 Å². The lowest BCUT2D eigenvalue weighted by molar-refractivity contribution is 0.106. The average molecular weight is 565 g/mol. The van der Waals surface area contributed by atoms with Crippen LogP contribution in [0.25, 0.3) is 0 Å². The van der Waals surface area contributed by atoms with Crippen LogP contribution >= 0.6 is 39.9 Å². The molecule has 0 amide bonds. The molecule has 2 heterocycles. The van der Waals surface area contributed by atoms with Crippen LogP contribution in [0.5, 0.6) is 0 Å². The molecule has 2 saturated heterocycles. The molecular formula is C21H34BrIN4O. The van der Waals surface area contributed by atoms with Crippen LogP contribution in [0.3, 0.4) is 0 Å². The number of nitrogens with one attached hydrogen (secondary N) is 2. The van der Waals surface area contributed by atoms with Gasteiger partial charge < -0.3 is 15.4 Å². The van der Waals surface area contributed by atoms with E-state index in [0.717, 1.165) is 69.0 Å². The fourth-order valence-corrected chi connectivity index (χ4v) is 4.05. The molecule has 7 heteroatoms. The Morgan fingerprint density at radius 3 is 2.61 bits per heavy atom. The highest BCUT2D eigenvalue weighted by atomic mass is 127. The quantitative estimate of drug-likeness (QED) is 0.297. The molecule has 2 fully saturated rings. The predicted molar refractivity (Wildman–Crippen MR) is 131 cm³/mol. The zero-order chi connectivity index (χ0) is 18.9. The molecule has 2 N–H and O–H groups in total. The molecular weight excluding hydrogens is 531 g/mol. The molecule has 0 aliphatic carbocycles. The number of hydrogen-bond acceptors (Lipinski definition) is 3. The number of nitrogens with zero attached hydrogens (tertiary/aromatic N) is 2. The van der Waals surface area contributed by atoms with Crippen molar-refractivity contribution in [2.45, 2.75) is 57.7 Å². The van der Waals surface area contributed by atoms with Gasteiger partial charge in [-0.3, -0.25) is 9.89 Å². The molecule has 28 heavy (non-hydrogen) atoms. The average Bonchev–Trinajstić information content (AvgIpc) is 3.19. The standard InChI is InChI=1S/C21H33BrN4O.HI/c1-2-23-21(24-12-9-20-4-3-15-27-20)25-19-10-13-26(14-11-19)16-17-5-7-18(22)8-6-17;/h5-8,19-20H,2-4,9-16H2,1H3,(H2,23,24,25);1H. The minimum Gasteiger partial charge on any atom is -0.378 e. The first-order valence-electron chi connectivity index (χ1n) is 10.4. The second-order valence-corrected chi connectivity index (χ2v) is 8.42. The fourth-order valence-electron chi connectivity index (χ4n) is 3.79. The van der Waals surface area contributed by atoms with Crippen molar-refractivity contribution in [2.75, 3.05) is 32.8 Å². The number of likely N-dealkylation sites (tertiary alicyclic amines) is 1. The van der Waals surface area contributed by atoms with E-state index in [4.69, 9.17) is 9.73 Å². The number of rotatable bonds is 7. The highest BCUT2D eigenvalue weighted by Gasteiger charge is 2.20. The molecule has 1 unspecified atom stereocenters. The second kappa shape index (κ2) is 13.0. The second-order valence-electron chi connectivity index (χ2n) is 7.51. The Bertz CT molecular complexity index is 585. The lowest BCUT2D eigenvalue weighted by atomic mass is 10.0. The van der Waals surface area contributed by atoms with Gasteiger partial charge in [-0.2, -0.15) is 0 Å². The summed E-state index contributed by atoms with van der Waals surface area (Å²) in [5.41, 5.74) is 1.38. The summed E-state index contributed by atoms with van der Waals surface area (Å²) in [4.78, 5) is 7.31.